The third-order valence-electron chi connectivity index (χ3n) is 4.07. The number of hydrogen-bond acceptors (Lipinski definition) is 6. The minimum atomic E-state index is -0.834. The molecule has 2 aromatic carbocycles. The zero-order valence-corrected chi connectivity index (χ0v) is 16.8. The standard InChI is InChI=1S/C22H20N4O5/c1-23-20(27)19-13-18(10-11-24-19)31-17-5-3-4-15(12-17)26-22(29)21(28)25-14-6-8-16(30-2)9-7-14/h3-13H,1-2H3,(H,23,27)(H,25,28)(H,26,29). The molecule has 1 heterocycles. The number of anilines is 2. The Labute approximate surface area is 178 Å². The number of methoxy groups -OCH3 is 1. The van der Waals surface area contributed by atoms with Crippen LogP contribution in [0.25, 0.3) is 0 Å². The van der Waals surface area contributed by atoms with Crippen LogP contribution in [0.5, 0.6) is 17.2 Å². The lowest BCUT2D eigenvalue weighted by Crippen LogP contribution is -2.29. The second kappa shape index (κ2) is 9.88. The number of aromatic nitrogens is 1. The van der Waals surface area contributed by atoms with Crippen LogP contribution in [-0.2, 0) is 9.59 Å². The predicted octanol–water partition coefficient (Wildman–Crippen LogP) is 2.82. The first-order chi connectivity index (χ1) is 15.0. The van der Waals surface area contributed by atoms with E-state index in [1.807, 2.05) is 0 Å². The van der Waals surface area contributed by atoms with Gasteiger partial charge in [-0.2, -0.15) is 0 Å². The van der Waals surface area contributed by atoms with E-state index in [2.05, 4.69) is 20.9 Å². The van der Waals surface area contributed by atoms with Crippen LogP contribution in [0.3, 0.4) is 0 Å². The Morgan fingerprint density at radius 1 is 0.806 bits per heavy atom. The molecule has 158 valence electrons. The van der Waals surface area contributed by atoms with E-state index in [9.17, 15) is 14.4 Å². The topological polar surface area (TPSA) is 119 Å². The number of pyridine rings is 1. The average Bonchev–Trinajstić information content (AvgIpc) is 2.79. The molecule has 3 amide bonds. The average molecular weight is 420 g/mol. The van der Waals surface area contributed by atoms with Crippen molar-refractivity contribution in [2.75, 3.05) is 24.8 Å². The molecule has 1 aromatic heterocycles. The highest BCUT2D eigenvalue weighted by Gasteiger charge is 2.15. The van der Waals surface area contributed by atoms with Gasteiger partial charge in [-0.1, -0.05) is 6.07 Å². The Morgan fingerprint density at radius 2 is 1.48 bits per heavy atom. The second-order valence-electron chi connectivity index (χ2n) is 6.22. The van der Waals surface area contributed by atoms with Gasteiger partial charge in [0.05, 0.1) is 7.11 Å². The summed E-state index contributed by atoms with van der Waals surface area (Å²) in [6.07, 6.45) is 1.45. The number of ether oxygens (including phenoxy) is 2. The molecule has 9 nitrogen and oxygen atoms in total. The molecule has 0 aliphatic carbocycles. The smallest absolute Gasteiger partial charge is 0.314 e. The first-order valence-electron chi connectivity index (χ1n) is 9.21. The van der Waals surface area contributed by atoms with Crippen LogP contribution in [0, 0.1) is 0 Å². The van der Waals surface area contributed by atoms with E-state index in [0.717, 1.165) is 0 Å². The van der Waals surface area contributed by atoms with E-state index in [-0.39, 0.29) is 11.6 Å². The van der Waals surface area contributed by atoms with E-state index in [1.54, 1.807) is 54.6 Å². The number of nitrogens with zero attached hydrogens (tertiary/aromatic N) is 1. The molecule has 0 aliphatic heterocycles. The van der Waals surface area contributed by atoms with Gasteiger partial charge in [-0.3, -0.25) is 19.4 Å². The van der Waals surface area contributed by atoms with Gasteiger partial charge in [-0.05, 0) is 42.5 Å². The summed E-state index contributed by atoms with van der Waals surface area (Å²) < 4.78 is 10.8. The second-order valence-corrected chi connectivity index (χ2v) is 6.22. The van der Waals surface area contributed by atoms with Gasteiger partial charge in [0.25, 0.3) is 5.91 Å². The van der Waals surface area contributed by atoms with Crippen molar-refractivity contribution in [1.82, 2.24) is 10.3 Å². The summed E-state index contributed by atoms with van der Waals surface area (Å²) in [6, 6.07) is 16.2. The zero-order chi connectivity index (χ0) is 22.2. The third-order valence-corrected chi connectivity index (χ3v) is 4.07. The number of benzene rings is 2. The molecule has 0 saturated heterocycles. The lowest BCUT2D eigenvalue weighted by molar-refractivity contribution is -0.132. The fraction of sp³-hybridized carbons (Fsp3) is 0.0909. The molecule has 0 spiro atoms. The van der Waals surface area contributed by atoms with Crippen molar-refractivity contribution in [3.8, 4) is 17.2 Å². The van der Waals surface area contributed by atoms with Crippen LogP contribution in [0.15, 0.2) is 66.9 Å². The number of rotatable bonds is 6. The molecule has 3 rings (SSSR count). The highest BCUT2D eigenvalue weighted by atomic mass is 16.5. The molecule has 0 bridgehead atoms. The first-order valence-corrected chi connectivity index (χ1v) is 9.21. The molecule has 3 N–H and O–H groups in total. The Hall–Kier alpha value is -4.40. The summed E-state index contributed by atoms with van der Waals surface area (Å²) in [5, 5.41) is 7.51. The van der Waals surface area contributed by atoms with Gasteiger partial charge in [0.2, 0.25) is 0 Å². The van der Waals surface area contributed by atoms with Crippen molar-refractivity contribution in [2.45, 2.75) is 0 Å². The molecule has 9 heteroatoms. The van der Waals surface area contributed by atoms with Gasteiger partial charge >= 0.3 is 11.8 Å². The van der Waals surface area contributed by atoms with Crippen molar-refractivity contribution < 1.29 is 23.9 Å². The summed E-state index contributed by atoms with van der Waals surface area (Å²) in [6.45, 7) is 0. The van der Waals surface area contributed by atoms with Crippen molar-refractivity contribution in [3.63, 3.8) is 0 Å². The molecule has 31 heavy (non-hydrogen) atoms. The molecular weight excluding hydrogens is 400 g/mol. The van der Waals surface area contributed by atoms with Crippen molar-refractivity contribution in [3.05, 3.63) is 72.6 Å². The largest absolute Gasteiger partial charge is 0.497 e. The fourth-order valence-electron chi connectivity index (χ4n) is 2.55. The van der Waals surface area contributed by atoms with Crippen LogP contribution in [0.4, 0.5) is 11.4 Å². The van der Waals surface area contributed by atoms with E-state index >= 15 is 0 Å². The highest BCUT2D eigenvalue weighted by molar-refractivity contribution is 6.43. The summed E-state index contributed by atoms with van der Waals surface area (Å²) in [5.74, 6) is -0.554. The fourth-order valence-corrected chi connectivity index (χ4v) is 2.55. The Morgan fingerprint density at radius 3 is 2.16 bits per heavy atom. The van der Waals surface area contributed by atoms with E-state index < -0.39 is 11.8 Å². The number of carbonyl (C=O) groups excluding carboxylic acids is 3. The maximum absolute atomic E-state index is 12.2. The predicted molar refractivity (Wildman–Crippen MR) is 114 cm³/mol. The molecule has 0 atom stereocenters. The van der Waals surface area contributed by atoms with Crippen molar-refractivity contribution in [1.29, 1.82) is 0 Å². The monoisotopic (exact) mass is 420 g/mol. The normalized spacial score (nSPS) is 10.0. The number of carbonyl (C=O) groups is 3. The minimum absolute atomic E-state index is 0.208. The van der Waals surface area contributed by atoms with Crippen molar-refractivity contribution in [2.24, 2.45) is 0 Å². The Bertz CT molecular complexity index is 1100. The van der Waals surface area contributed by atoms with Crippen LogP contribution in [0.2, 0.25) is 0 Å². The molecule has 0 radical (unpaired) electrons. The van der Waals surface area contributed by atoms with Crippen LogP contribution in [0.1, 0.15) is 10.5 Å². The quantitative estimate of drug-likeness (QED) is 0.528. The van der Waals surface area contributed by atoms with Crippen LogP contribution in [-0.4, -0.2) is 36.9 Å². The van der Waals surface area contributed by atoms with Gasteiger partial charge in [0, 0.05) is 36.8 Å². The van der Waals surface area contributed by atoms with Gasteiger partial charge in [-0.15, -0.1) is 0 Å². The van der Waals surface area contributed by atoms with E-state index in [0.29, 0.717) is 28.6 Å². The number of hydrogen-bond donors (Lipinski definition) is 3. The van der Waals surface area contributed by atoms with Crippen LogP contribution < -0.4 is 25.4 Å². The Balaban J connectivity index is 1.63. The molecule has 3 aromatic rings. The van der Waals surface area contributed by atoms with Crippen molar-refractivity contribution >= 4 is 29.1 Å². The highest BCUT2D eigenvalue weighted by Crippen LogP contribution is 2.24. The molecule has 0 saturated carbocycles. The van der Waals surface area contributed by atoms with Gasteiger partial charge < -0.3 is 25.4 Å². The molecular formula is C22H20N4O5. The van der Waals surface area contributed by atoms with E-state index in [1.165, 1.54) is 26.4 Å². The summed E-state index contributed by atoms with van der Waals surface area (Å²) >= 11 is 0. The van der Waals surface area contributed by atoms with E-state index in [4.69, 9.17) is 9.47 Å². The van der Waals surface area contributed by atoms with Gasteiger partial charge in [0.1, 0.15) is 22.9 Å². The SMILES string of the molecule is CNC(=O)c1cc(Oc2cccc(NC(=O)C(=O)Nc3ccc(OC)cc3)c2)ccn1. The van der Waals surface area contributed by atoms with Gasteiger partial charge in [0.15, 0.2) is 0 Å². The zero-order valence-electron chi connectivity index (χ0n) is 16.8. The lowest BCUT2D eigenvalue weighted by atomic mass is 10.2. The third kappa shape index (κ3) is 5.80. The summed E-state index contributed by atoms with van der Waals surface area (Å²) in [4.78, 5) is 40.0. The molecule has 0 fully saturated rings. The molecule has 0 aliphatic rings. The van der Waals surface area contributed by atoms with Crippen LogP contribution >= 0.6 is 0 Å². The Kier molecular flexibility index (Phi) is 6.79. The maximum Gasteiger partial charge on any atom is 0.314 e. The summed E-state index contributed by atoms with van der Waals surface area (Å²) in [5.41, 5.74) is 1.04. The number of amides is 3. The molecule has 0 unspecified atom stereocenters. The lowest BCUT2D eigenvalue weighted by Gasteiger charge is -2.10. The first kappa shape index (κ1) is 21.3. The van der Waals surface area contributed by atoms with Gasteiger partial charge in [-0.25, -0.2) is 0 Å². The minimum Gasteiger partial charge on any atom is -0.497 e. The number of nitrogens with one attached hydrogen (secondary N) is 3. The maximum atomic E-state index is 12.2. The summed E-state index contributed by atoms with van der Waals surface area (Å²) in [7, 11) is 3.04.